The van der Waals surface area contributed by atoms with Crippen LogP contribution >= 0.6 is 11.6 Å². The number of hydrogen-bond acceptors (Lipinski definition) is 5. The topological polar surface area (TPSA) is 88.0 Å². The fourth-order valence-corrected chi connectivity index (χ4v) is 3.32. The highest BCUT2D eigenvalue weighted by atomic mass is 35.5. The largest absolute Gasteiger partial charge is 0.479 e. The lowest BCUT2D eigenvalue weighted by Gasteiger charge is -2.26. The van der Waals surface area contributed by atoms with E-state index in [1.165, 1.54) is 31.2 Å². The fraction of sp³-hybridized carbons (Fsp3) is 0.304. The fourth-order valence-electron chi connectivity index (χ4n) is 3.12. The number of aromatic nitrogens is 3. The number of aromatic hydroxyl groups is 1. The average molecular weight is 533 g/mol. The molecule has 0 atom stereocenters. The van der Waals surface area contributed by atoms with Gasteiger partial charge in [0.25, 0.3) is 0 Å². The van der Waals surface area contributed by atoms with Crippen molar-refractivity contribution in [2.45, 2.75) is 39.7 Å². The minimum Gasteiger partial charge on any atom is -0.479 e. The summed E-state index contributed by atoms with van der Waals surface area (Å²) in [4.78, 5) is 23.8. The van der Waals surface area contributed by atoms with E-state index >= 15 is 0 Å². The number of benzene rings is 2. The average Bonchev–Trinajstić information content (AvgIpc) is 2.76. The van der Waals surface area contributed by atoms with Crippen LogP contribution in [0, 0.1) is 12.3 Å². The van der Waals surface area contributed by atoms with E-state index in [-0.39, 0.29) is 39.9 Å². The molecule has 0 radical (unpaired) electrons. The molecular weight excluding hydrogens is 514 g/mol. The van der Waals surface area contributed by atoms with E-state index in [1.54, 1.807) is 0 Å². The molecule has 6 nitrogen and oxygen atoms in total. The van der Waals surface area contributed by atoms with Gasteiger partial charge in [-0.25, -0.2) is 4.98 Å². The van der Waals surface area contributed by atoms with Gasteiger partial charge in [-0.1, -0.05) is 23.7 Å². The molecule has 0 aliphatic carbocycles. The Bertz CT molecular complexity index is 1310. The third kappa shape index (κ3) is 5.69. The Hall–Kier alpha value is -3.41. The molecular formula is C23H19ClF6N4O2. The number of rotatable bonds is 5. The van der Waals surface area contributed by atoms with Crippen molar-refractivity contribution in [3.05, 3.63) is 58.1 Å². The Kier molecular flexibility index (Phi) is 7.22. The Morgan fingerprint density at radius 1 is 0.972 bits per heavy atom. The van der Waals surface area contributed by atoms with Gasteiger partial charge >= 0.3 is 18.4 Å². The number of aryl methyl sites for hydroxylation is 1. The molecule has 0 saturated carbocycles. The Balaban J connectivity index is 1.93. The maximum atomic E-state index is 13.1. The second kappa shape index (κ2) is 9.57. The van der Waals surface area contributed by atoms with Crippen molar-refractivity contribution in [2.24, 2.45) is 5.41 Å². The third-order valence-electron chi connectivity index (χ3n) is 5.41. The quantitative estimate of drug-likeness (QED) is 0.388. The third-order valence-corrected chi connectivity index (χ3v) is 5.74. The lowest BCUT2D eigenvalue weighted by atomic mass is 9.91. The van der Waals surface area contributed by atoms with E-state index in [1.807, 2.05) is 0 Å². The Morgan fingerprint density at radius 3 is 2.19 bits per heavy atom. The van der Waals surface area contributed by atoms with Crippen molar-refractivity contribution in [3.8, 4) is 28.8 Å². The van der Waals surface area contributed by atoms with Gasteiger partial charge < -0.3 is 10.4 Å². The van der Waals surface area contributed by atoms with Crippen molar-refractivity contribution < 1.29 is 36.2 Å². The first-order valence-electron chi connectivity index (χ1n) is 10.3. The van der Waals surface area contributed by atoms with Gasteiger partial charge in [0.05, 0.1) is 10.6 Å². The SMILES string of the molecule is Cc1cc(-c2nc(O)nc(-c3cc(CNC(=O)C(C)(C)C(F)(F)F)ccc3Cl)n2)ccc1C(F)(F)F. The van der Waals surface area contributed by atoms with Gasteiger partial charge in [-0.2, -0.15) is 36.3 Å². The summed E-state index contributed by atoms with van der Waals surface area (Å²) in [7, 11) is 0. The predicted octanol–water partition coefficient (Wildman–Crippen LogP) is 6.10. The molecule has 2 aromatic carbocycles. The van der Waals surface area contributed by atoms with Gasteiger partial charge in [-0.05, 0) is 56.2 Å². The molecule has 1 heterocycles. The second-order valence-electron chi connectivity index (χ2n) is 8.43. The van der Waals surface area contributed by atoms with Gasteiger partial charge in [0.1, 0.15) is 5.41 Å². The molecule has 0 unspecified atom stereocenters. The standard InChI is InChI=1S/C23H19ClF6N4O2/c1-11-8-13(5-6-15(11)22(25,26)27)17-32-18(34-20(36)33-17)14-9-12(4-7-16(14)24)10-31-19(35)21(2,3)23(28,29)30/h4-9H,10H2,1-3H3,(H,31,35)(H,32,33,34,36). The van der Waals surface area contributed by atoms with Crippen LogP contribution in [0.25, 0.3) is 22.8 Å². The molecule has 0 aliphatic heterocycles. The highest BCUT2D eigenvalue weighted by Crippen LogP contribution is 2.38. The predicted molar refractivity (Wildman–Crippen MR) is 119 cm³/mol. The number of hydrogen-bond donors (Lipinski definition) is 2. The van der Waals surface area contributed by atoms with Crippen LogP contribution in [0.5, 0.6) is 6.01 Å². The highest BCUT2D eigenvalue weighted by Gasteiger charge is 2.52. The van der Waals surface area contributed by atoms with Crippen LogP contribution in [0.15, 0.2) is 36.4 Å². The summed E-state index contributed by atoms with van der Waals surface area (Å²) >= 11 is 6.23. The molecule has 0 bridgehead atoms. The lowest BCUT2D eigenvalue weighted by molar-refractivity contribution is -0.211. The van der Waals surface area contributed by atoms with Crippen molar-refractivity contribution in [1.29, 1.82) is 0 Å². The molecule has 0 saturated heterocycles. The molecule has 3 rings (SSSR count). The maximum Gasteiger partial charge on any atom is 0.416 e. The summed E-state index contributed by atoms with van der Waals surface area (Å²) < 4.78 is 78.5. The maximum absolute atomic E-state index is 13.1. The van der Waals surface area contributed by atoms with Crippen LogP contribution in [0.1, 0.15) is 30.5 Å². The van der Waals surface area contributed by atoms with E-state index in [0.717, 1.165) is 26.0 Å². The zero-order chi connectivity index (χ0) is 27.1. The number of nitrogens with zero attached hydrogens (tertiary/aromatic N) is 3. The number of halogens is 7. The zero-order valence-electron chi connectivity index (χ0n) is 19.0. The molecule has 0 aliphatic rings. The minimum absolute atomic E-state index is 0.0843. The molecule has 0 spiro atoms. The summed E-state index contributed by atoms with van der Waals surface area (Å²) in [6, 6.07) is 6.75. The molecule has 0 fully saturated rings. The van der Waals surface area contributed by atoms with Crippen molar-refractivity contribution in [1.82, 2.24) is 20.3 Å². The van der Waals surface area contributed by atoms with Crippen molar-refractivity contribution in [3.63, 3.8) is 0 Å². The summed E-state index contributed by atoms with van der Waals surface area (Å²) in [5, 5.41) is 12.4. The Labute approximate surface area is 206 Å². The Morgan fingerprint density at radius 2 is 1.61 bits per heavy atom. The van der Waals surface area contributed by atoms with Crippen molar-refractivity contribution >= 4 is 17.5 Å². The highest BCUT2D eigenvalue weighted by molar-refractivity contribution is 6.33. The normalized spacial score (nSPS) is 12.5. The molecule has 192 valence electrons. The van der Waals surface area contributed by atoms with E-state index in [0.29, 0.717) is 5.56 Å². The second-order valence-corrected chi connectivity index (χ2v) is 8.84. The number of nitrogens with one attached hydrogen (secondary N) is 1. The zero-order valence-corrected chi connectivity index (χ0v) is 19.8. The number of carbonyl (C=O) groups excluding carboxylic acids is 1. The van der Waals surface area contributed by atoms with Gasteiger partial charge in [0.15, 0.2) is 11.6 Å². The van der Waals surface area contributed by atoms with Crippen LogP contribution in [-0.2, 0) is 17.5 Å². The summed E-state index contributed by atoms with van der Waals surface area (Å²) in [6.07, 6.45) is -9.30. The minimum atomic E-state index is -4.75. The molecule has 1 amide bonds. The summed E-state index contributed by atoms with van der Waals surface area (Å²) in [6.45, 7) is 2.51. The van der Waals surface area contributed by atoms with E-state index < -0.39 is 35.2 Å². The number of alkyl halides is 6. The molecule has 13 heteroatoms. The van der Waals surface area contributed by atoms with E-state index in [4.69, 9.17) is 11.6 Å². The number of amides is 1. The van der Waals surface area contributed by atoms with E-state index in [9.17, 15) is 36.2 Å². The first-order valence-corrected chi connectivity index (χ1v) is 10.7. The molecule has 2 N–H and O–H groups in total. The van der Waals surface area contributed by atoms with Gasteiger partial charge in [-0.3, -0.25) is 4.79 Å². The van der Waals surface area contributed by atoms with Crippen LogP contribution in [-0.4, -0.2) is 32.1 Å². The van der Waals surface area contributed by atoms with Gasteiger partial charge in [0.2, 0.25) is 5.91 Å². The number of carbonyl (C=O) groups is 1. The monoisotopic (exact) mass is 532 g/mol. The van der Waals surface area contributed by atoms with Gasteiger partial charge in [-0.15, -0.1) is 0 Å². The summed E-state index contributed by atoms with van der Waals surface area (Å²) in [5.74, 6) is -1.50. The van der Waals surface area contributed by atoms with Crippen LogP contribution in [0.4, 0.5) is 26.3 Å². The first-order chi connectivity index (χ1) is 16.5. The molecule has 3 aromatic rings. The smallest absolute Gasteiger partial charge is 0.416 e. The van der Waals surface area contributed by atoms with Crippen LogP contribution in [0.2, 0.25) is 5.02 Å². The van der Waals surface area contributed by atoms with Crippen LogP contribution in [0.3, 0.4) is 0 Å². The lowest BCUT2D eigenvalue weighted by Crippen LogP contribution is -2.46. The van der Waals surface area contributed by atoms with Crippen molar-refractivity contribution in [2.75, 3.05) is 0 Å². The summed E-state index contributed by atoms with van der Waals surface area (Å²) in [5.41, 5.74) is -2.85. The van der Waals surface area contributed by atoms with Crippen LogP contribution < -0.4 is 5.32 Å². The van der Waals surface area contributed by atoms with Gasteiger partial charge in [0, 0.05) is 17.7 Å². The van der Waals surface area contributed by atoms with E-state index in [2.05, 4.69) is 20.3 Å². The molecule has 36 heavy (non-hydrogen) atoms. The first kappa shape index (κ1) is 27.2. The molecule has 1 aromatic heterocycles.